The fraction of sp³-hybridized carbons (Fsp3) is 0.357. The Morgan fingerprint density at radius 2 is 1.59 bits per heavy atom. The van der Waals surface area contributed by atoms with E-state index < -0.39 is 11.9 Å². The number of nitrogens with one attached hydrogen (secondary N) is 2. The number of anilines is 1. The van der Waals surface area contributed by atoms with Crippen LogP contribution in [0, 0.1) is 0 Å². The average Bonchev–Trinajstić information content (AvgIpc) is 2.53. The maximum atomic E-state index is 11.7. The normalized spacial score (nSPS) is 9.77. The van der Waals surface area contributed by atoms with Crippen LogP contribution in [0.5, 0.6) is 0 Å². The van der Waals surface area contributed by atoms with Crippen molar-refractivity contribution in [3.05, 3.63) is 29.3 Å². The van der Waals surface area contributed by atoms with Gasteiger partial charge in [-0.05, 0) is 30.4 Å². The molecular formula is C14H18N2O5S. The van der Waals surface area contributed by atoms with Gasteiger partial charge in [0.2, 0.25) is 0 Å². The molecule has 1 aromatic carbocycles. The second kappa shape index (κ2) is 8.96. The van der Waals surface area contributed by atoms with Gasteiger partial charge < -0.3 is 24.8 Å². The minimum atomic E-state index is -0.563. The molecule has 22 heavy (non-hydrogen) atoms. The van der Waals surface area contributed by atoms with E-state index in [2.05, 4.69) is 20.1 Å². The Hall–Kier alpha value is -2.19. The summed E-state index contributed by atoms with van der Waals surface area (Å²) >= 11 is 5.11. The summed E-state index contributed by atoms with van der Waals surface area (Å²) < 4.78 is 14.2. The van der Waals surface area contributed by atoms with E-state index in [0.29, 0.717) is 24.0 Å². The maximum absolute atomic E-state index is 11.7. The lowest BCUT2D eigenvalue weighted by atomic mass is 10.1. The number of hydrogen-bond acceptors (Lipinski definition) is 6. The van der Waals surface area contributed by atoms with Crippen molar-refractivity contribution >= 4 is 35.0 Å². The summed E-state index contributed by atoms with van der Waals surface area (Å²) in [5.74, 6) is -1.13. The quantitative estimate of drug-likeness (QED) is 0.458. The SMILES string of the molecule is COCCNC(=S)Nc1cc(C(=O)OC)cc(C(=O)OC)c1. The van der Waals surface area contributed by atoms with Gasteiger partial charge in [-0.3, -0.25) is 0 Å². The summed E-state index contributed by atoms with van der Waals surface area (Å²) in [5, 5.41) is 6.15. The highest BCUT2D eigenvalue weighted by atomic mass is 32.1. The molecule has 0 aromatic heterocycles. The number of benzene rings is 1. The summed E-state index contributed by atoms with van der Waals surface area (Å²) in [7, 11) is 4.11. The number of thiocarbonyl (C=S) groups is 1. The van der Waals surface area contributed by atoms with E-state index >= 15 is 0 Å². The van der Waals surface area contributed by atoms with Gasteiger partial charge in [0.05, 0.1) is 32.0 Å². The van der Waals surface area contributed by atoms with Crippen molar-refractivity contribution in [1.29, 1.82) is 0 Å². The van der Waals surface area contributed by atoms with E-state index in [1.807, 2.05) is 0 Å². The van der Waals surface area contributed by atoms with Crippen LogP contribution in [0.25, 0.3) is 0 Å². The number of ether oxygens (including phenoxy) is 3. The zero-order chi connectivity index (χ0) is 16.5. The monoisotopic (exact) mass is 326 g/mol. The third kappa shape index (κ3) is 5.30. The highest BCUT2D eigenvalue weighted by Crippen LogP contribution is 2.17. The van der Waals surface area contributed by atoms with Gasteiger partial charge >= 0.3 is 11.9 Å². The Balaban J connectivity index is 2.95. The fourth-order valence-corrected chi connectivity index (χ4v) is 1.83. The van der Waals surface area contributed by atoms with Crippen molar-refractivity contribution in [1.82, 2.24) is 5.32 Å². The number of carbonyl (C=O) groups is 2. The van der Waals surface area contributed by atoms with Crippen LogP contribution in [0.3, 0.4) is 0 Å². The van der Waals surface area contributed by atoms with Gasteiger partial charge in [-0.15, -0.1) is 0 Å². The fourth-order valence-electron chi connectivity index (χ4n) is 1.61. The van der Waals surface area contributed by atoms with Crippen molar-refractivity contribution in [3.8, 4) is 0 Å². The predicted octanol–water partition coefficient (Wildman–Crippen LogP) is 1.19. The number of carbonyl (C=O) groups excluding carboxylic acids is 2. The molecule has 0 unspecified atom stereocenters. The second-order valence-corrected chi connectivity index (χ2v) is 4.56. The summed E-state index contributed by atoms with van der Waals surface area (Å²) in [4.78, 5) is 23.3. The van der Waals surface area contributed by atoms with E-state index in [-0.39, 0.29) is 11.1 Å². The van der Waals surface area contributed by atoms with E-state index in [4.69, 9.17) is 17.0 Å². The molecular weight excluding hydrogens is 308 g/mol. The molecule has 0 spiro atoms. The topological polar surface area (TPSA) is 85.9 Å². The van der Waals surface area contributed by atoms with Crippen LogP contribution in [-0.2, 0) is 14.2 Å². The maximum Gasteiger partial charge on any atom is 0.337 e. The largest absolute Gasteiger partial charge is 0.465 e. The van der Waals surface area contributed by atoms with Crippen LogP contribution >= 0.6 is 12.2 Å². The van der Waals surface area contributed by atoms with Gasteiger partial charge in [-0.25, -0.2) is 9.59 Å². The lowest BCUT2D eigenvalue weighted by Crippen LogP contribution is -2.31. The second-order valence-electron chi connectivity index (χ2n) is 4.16. The summed E-state index contributed by atoms with van der Waals surface area (Å²) in [6.07, 6.45) is 0. The Kier molecular flexibility index (Phi) is 7.27. The first-order valence-electron chi connectivity index (χ1n) is 6.37. The van der Waals surface area contributed by atoms with Gasteiger partial charge in [-0.2, -0.15) is 0 Å². The molecule has 0 atom stereocenters. The average molecular weight is 326 g/mol. The molecule has 0 heterocycles. The van der Waals surface area contributed by atoms with Crippen molar-refractivity contribution in [2.45, 2.75) is 0 Å². The van der Waals surface area contributed by atoms with Gasteiger partial charge in [0, 0.05) is 19.3 Å². The van der Waals surface area contributed by atoms with E-state index in [9.17, 15) is 9.59 Å². The first-order chi connectivity index (χ1) is 10.5. The summed E-state index contributed by atoms with van der Waals surface area (Å²) in [5.41, 5.74) is 0.901. The molecule has 1 aromatic rings. The van der Waals surface area contributed by atoms with Crippen molar-refractivity contribution in [2.24, 2.45) is 0 Å². The molecule has 8 heteroatoms. The molecule has 7 nitrogen and oxygen atoms in total. The Morgan fingerprint density at radius 1 is 1.05 bits per heavy atom. The van der Waals surface area contributed by atoms with Crippen LogP contribution in [0.15, 0.2) is 18.2 Å². The smallest absolute Gasteiger partial charge is 0.337 e. The molecule has 0 fully saturated rings. The van der Waals surface area contributed by atoms with E-state index in [1.165, 1.54) is 32.4 Å². The minimum absolute atomic E-state index is 0.215. The third-order valence-electron chi connectivity index (χ3n) is 2.62. The van der Waals surface area contributed by atoms with Crippen LogP contribution in [-0.4, -0.2) is 51.5 Å². The van der Waals surface area contributed by atoms with Crippen LogP contribution < -0.4 is 10.6 Å². The van der Waals surface area contributed by atoms with E-state index in [1.54, 1.807) is 7.11 Å². The third-order valence-corrected chi connectivity index (χ3v) is 2.87. The predicted molar refractivity (Wildman–Crippen MR) is 85.2 cm³/mol. The molecule has 0 radical (unpaired) electrons. The molecule has 120 valence electrons. The standard InChI is InChI=1S/C14H18N2O5S/c1-19-5-4-15-14(22)16-11-7-9(12(17)20-2)6-10(8-11)13(18)21-3/h6-8H,4-5H2,1-3H3,(H2,15,16,22). The highest BCUT2D eigenvalue weighted by molar-refractivity contribution is 7.80. The number of hydrogen-bond donors (Lipinski definition) is 2. The van der Waals surface area contributed by atoms with Crippen molar-refractivity contribution in [2.75, 3.05) is 39.8 Å². The van der Waals surface area contributed by atoms with Crippen LogP contribution in [0.2, 0.25) is 0 Å². The molecule has 0 amide bonds. The zero-order valence-electron chi connectivity index (χ0n) is 12.6. The van der Waals surface area contributed by atoms with Crippen LogP contribution in [0.4, 0.5) is 5.69 Å². The molecule has 2 N–H and O–H groups in total. The van der Waals surface area contributed by atoms with E-state index in [0.717, 1.165) is 0 Å². The minimum Gasteiger partial charge on any atom is -0.465 e. The molecule has 0 aliphatic rings. The lowest BCUT2D eigenvalue weighted by Gasteiger charge is -2.12. The molecule has 0 saturated carbocycles. The number of esters is 2. The Bertz CT molecular complexity index is 528. The number of methoxy groups -OCH3 is 3. The number of rotatable bonds is 6. The van der Waals surface area contributed by atoms with Gasteiger partial charge in [0.1, 0.15) is 0 Å². The molecule has 0 aliphatic heterocycles. The summed E-state index contributed by atoms with van der Waals surface area (Å²) in [6, 6.07) is 4.45. The van der Waals surface area contributed by atoms with Gasteiger partial charge in [0.25, 0.3) is 0 Å². The molecule has 0 saturated heterocycles. The highest BCUT2D eigenvalue weighted by Gasteiger charge is 2.14. The molecule has 0 bridgehead atoms. The first-order valence-corrected chi connectivity index (χ1v) is 6.78. The zero-order valence-corrected chi connectivity index (χ0v) is 13.4. The summed E-state index contributed by atoms with van der Waals surface area (Å²) in [6.45, 7) is 1.03. The first kappa shape index (κ1) is 17.9. The molecule has 0 aliphatic carbocycles. The van der Waals surface area contributed by atoms with Crippen molar-refractivity contribution in [3.63, 3.8) is 0 Å². The Morgan fingerprint density at radius 3 is 2.05 bits per heavy atom. The molecule has 1 rings (SSSR count). The van der Waals surface area contributed by atoms with Crippen LogP contribution in [0.1, 0.15) is 20.7 Å². The lowest BCUT2D eigenvalue weighted by molar-refractivity contribution is 0.0599. The Labute approximate surface area is 133 Å². The van der Waals surface area contributed by atoms with Gasteiger partial charge in [-0.1, -0.05) is 0 Å². The van der Waals surface area contributed by atoms with Gasteiger partial charge in [0.15, 0.2) is 5.11 Å². The van der Waals surface area contributed by atoms with Crippen molar-refractivity contribution < 1.29 is 23.8 Å².